The van der Waals surface area contributed by atoms with Gasteiger partial charge in [-0.05, 0) is 52.8 Å². The van der Waals surface area contributed by atoms with Gasteiger partial charge in [0.2, 0.25) is 0 Å². The number of rotatable bonds is 3. The van der Waals surface area contributed by atoms with Gasteiger partial charge in [-0.3, -0.25) is 0 Å². The predicted molar refractivity (Wildman–Crippen MR) is 104 cm³/mol. The van der Waals surface area contributed by atoms with Crippen molar-refractivity contribution in [2.24, 2.45) is 0 Å². The first-order chi connectivity index (χ1) is 11.8. The van der Waals surface area contributed by atoms with E-state index in [0.29, 0.717) is 0 Å². The molecular formula is C20H20O2S2. The third-order valence-electron chi connectivity index (χ3n) is 4.32. The Balaban J connectivity index is 1.72. The molecule has 124 valence electrons. The molecule has 0 radical (unpaired) electrons. The van der Waals surface area contributed by atoms with Crippen LogP contribution in [0.25, 0.3) is 5.57 Å². The summed E-state index contributed by atoms with van der Waals surface area (Å²) in [6, 6.07) is 18.8. The fourth-order valence-corrected chi connectivity index (χ4v) is 6.01. The first-order valence-electron chi connectivity index (χ1n) is 8.17. The summed E-state index contributed by atoms with van der Waals surface area (Å²) >= 11 is 3.83. The Morgan fingerprint density at radius 3 is 2.38 bits per heavy atom. The number of hydrogen-bond donors (Lipinski definition) is 0. The van der Waals surface area contributed by atoms with Crippen molar-refractivity contribution >= 4 is 29.1 Å². The third-order valence-corrected chi connectivity index (χ3v) is 7.24. The van der Waals surface area contributed by atoms with Gasteiger partial charge in [-0.25, -0.2) is 0 Å². The first-order valence-corrected chi connectivity index (χ1v) is 10.1. The topological polar surface area (TPSA) is 18.5 Å². The van der Waals surface area contributed by atoms with Gasteiger partial charge in [0.1, 0.15) is 11.9 Å². The van der Waals surface area contributed by atoms with Crippen LogP contribution in [0.5, 0.6) is 5.75 Å². The molecule has 0 unspecified atom stereocenters. The summed E-state index contributed by atoms with van der Waals surface area (Å²) in [5, 5.41) is 0. The van der Waals surface area contributed by atoms with Crippen LogP contribution < -0.4 is 4.74 Å². The van der Waals surface area contributed by atoms with Crippen molar-refractivity contribution < 1.29 is 9.47 Å². The Hall–Kier alpha value is -1.36. The van der Waals surface area contributed by atoms with E-state index in [0.717, 1.165) is 17.3 Å². The lowest BCUT2D eigenvalue weighted by atomic mass is 9.96. The van der Waals surface area contributed by atoms with Crippen molar-refractivity contribution in [3.05, 3.63) is 71.8 Å². The van der Waals surface area contributed by atoms with Crippen LogP contribution in [-0.4, -0.2) is 22.9 Å². The Morgan fingerprint density at radius 2 is 1.71 bits per heavy atom. The molecule has 4 rings (SSSR count). The Bertz CT molecular complexity index is 719. The van der Waals surface area contributed by atoms with Crippen molar-refractivity contribution in [3.63, 3.8) is 0 Å². The van der Waals surface area contributed by atoms with Gasteiger partial charge in [-0.1, -0.05) is 42.5 Å². The van der Waals surface area contributed by atoms with Crippen molar-refractivity contribution in [3.8, 4) is 5.75 Å². The third kappa shape index (κ3) is 3.10. The highest BCUT2D eigenvalue weighted by Gasteiger charge is 2.43. The molecule has 0 aliphatic carbocycles. The van der Waals surface area contributed by atoms with Gasteiger partial charge < -0.3 is 9.47 Å². The molecule has 0 amide bonds. The summed E-state index contributed by atoms with van der Waals surface area (Å²) in [6.45, 7) is 0. The standard InChI is InChI=1S/C20H20O2S2/c1-21-17-10-8-16(9-11-17)19-18(15-6-3-2-4-7-15)14-20(22-19)23-12-5-13-24-20/h2-4,6-11,14,19H,5,12-13H2,1H3/t19-/m1/s1. The van der Waals surface area contributed by atoms with Gasteiger partial charge >= 0.3 is 0 Å². The van der Waals surface area contributed by atoms with E-state index < -0.39 is 0 Å². The van der Waals surface area contributed by atoms with E-state index in [1.165, 1.54) is 23.1 Å². The van der Waals surface area contributed by atoms with Gasteiger partial charge in [0, 0.05) is 0 Å². The molecule has 2 aliphatic heterocycles. The average molecular weight is 357 g/mol. The quantitative estimate of drug-likeness (QED) is 0.735. The molecule has 24 heavy (non-hydrogen) atoms. The summed E-state index contributed by atoms with van der Waals surface area (Å²) in [4.78, 5) is 0. The maximum absolute atomic E-state index is 6.61. The molecule has 0 saturated carbocycles. The van der Waals surface area contributed by atoms with Crippen molar-refractivity contribution in [1.82, 2.24) is 0 Å². The molecule has 4 heteroatoms. The van der Waals surface area contributed by atoms with Crippen LogP contribution in [0.1, 0.15) is 23.7 Å². The largest absolute Gasteiger partial charge is 0.497 e. The van der Waals surface area contributed by atoms with Gasteiger partial charge in [0.25, 0.3) is 0 Å². The Labute approximate surface area is 151 Å². The van der Waals surface area contributed by atoms with Crippen LogP contribution in [0.2, 0.25) is 0 Å². The number of benzene rings is 2. The molecular weight excluding hydrogens is 336 g/mol. The van der Waals surface area contributed by atoms with Crippen LogP contribution in [0, 0.1) is 0 Å². The summed E-state index contributed by atoms with van der Waals surface area (Å²) in [6.07, 6.45) is 3.56. The number of ether oxygens (including phenoxy) is 2. The number of thioether (sulfide) groups is 2. The summed E-state index contributed by atoms with van der Waals surface area (Å²) in [5.41, 5.74) is 3.68. The highest BCUT2D eigenvalue weighted by atomic mass is 32.2. The fourth-order valence-electron chi connectivity index (χ4n) is 3.10. The lowest BCUT2D eigenvalue weighted by molar-refractivity contribution is 0.0942. The molecule has 0 bridgehead atoms. The van der Waals surface area contributed by atoms with E-state index >= 15 is 0 Å². The molecule has 2 aromatic rings. The van der Waals surface area contributed by atoms with Gasteiger partial charge in [-0.2, -0.15) is 0 Å². The van der Waals surface area contributed by atoms with Crippen LogP contribution >= 0.6 is 23.5 Å². The zero-order chi connectivity index (χ0) is 16.4. The van der Waals surface area contributed by atoms with Gasteiger partial charge in [0.15, 0.2) is 4.27 Å². The smallest absolute Gasteiger partial charge is 0.181 e. The lowest BCUT2D eigenvalue weighted by Crippen LogP contribution is -2.23. The maximum Gasteiger partial charge on any atom is 0.181 e. The summed E-state index contributed by atoms with van der Waals surface area (Å²) < 4.78 is 11.7. The highest BCUT2D eigenvalue weighted by molar-refractivity contribution is 8.18. The van der Waals surface area contributed by atoms with E-state index in [4.69, 9.17) is 9.47 Å². The van der Waals surface area contributed by atoms with E-state index in [1.54, 1.807) is 7.11 Å². The Kier molecular flexibility index (Phi) is 4.61. The van der Waals surface area contributed by atoms with Crippen LogP contribution in [0.3, 0.4) is 0 Å². The molecule has 1 saturated heterocycles. The summed E-state index contributed by atoms with van der Waals surface area (Å²) in [5.74, 6) is 3.18. The minimum absolute atomic E-state index is 0.0311. The Morgan fingerprint density at radius 1 is 1.00 bits per heavy atom. The minimum Gasteiger partial charge on any atom is -0.497 e. The normalized spacial score (nSPS) is 22.4. The SMILES string of the molecule is COc1ccc([C@H]2OC3(C=C2c2ccccc2)SCCCS3)cc1. The lowest BCUT2D eigenvalue weighted by Gasteiger charge is -2.31. The molecule has 0 aromatic heterocycles. The summed E-state index contributed by atoms with van der Waals surface area (Å²) in [7, 11) is 1.70. The zero-order valence-corrected chi connectivity index (χ0v) is 15.2. The molecule has 1 spiro atoms. The first kappa shape index (κ1) is 16.1. The van der Waals surface area contributed by atoms with Crippen LogP contribution in [-0.2, 0) is 4.74 Å². The predicted octanol–water partition coefficient (Wildman–Crippen LogP) is 5.37. The number of methoxy groups -OCH3 is 1. The second kappa shape index (κ2) is 6.87. The van der Waals surface area contributed by atoms with Crippen molar-refractivity contribution in [1.29, 1.82) is 0 Å². The molecule has 2 nitrogen and oxygen atoms in total. The average Bonchev–Trinajstić information content (AvgIpc) is 3.02. The minimum atomic E-state index is -0.242. The van der Waals surface area contributed by atoms with E-state index in [9.17, 15) is 0 Å². The molecule has 0 N–H and O–H groups in total. The molecule has 1 fully saturated rings. The zero-order valence-electron chi connectivity index (χ0n) is 13.6. The van der Waals surface area contributed by atoms with Crippen LogP contribution in [0.4, 0.5) is 0 Å². The number of hydrogen-bond acceptors (Lipinski definition) is 4. The second-order valence-electron chi connectivity index (χ2n) is 5.89. The molecule has 1 atom stereocenters. The van der Waals surface area contributed by atoms with E-state index in [1.807, 2.05) is 35.7 Å². The monoisotopic (exact) mass is 356 g/mol. The van der Waals surface area contributed by atoms with Crippen molar-refractivity contribution in [2.75, 3.05) is 18.6 Å². The van der Waals surface area contributed by atoms with Gasteiger partial charge in [-0.15, -0.1) is 23.5 Å². The van der Waals surface area contributed by atoms with E-state index in [-0.39, 0.29) is 10.4 Å². The molecule has 2 aliphatic rings. The highest BCUT2D eigenvalue weighted by Crippen LogP contribution is 2.55. The maximum atomic E-state index is 6.61. The second-order valence-corrected chi connectivity index (χ2v) is 8.76. The molecule has 2 heterocycles. The fraction of sp³-hybridized carbons (Fsp3) is 0.300. The van der Waals surface area contributed by atoms with Crippen molar-refractivity contribution in [2.45, 2.75) is 16.8 Å². The molecule has 2 aromatic carbocycles. The van der Waals surface area contributed by atoms with E-state index in [2.05, 4.69) is 48.5 Å². The van der Waals surface area contributed by atoms with Crippen LogP contribution in [0.15, 0.2) is 60.7 Å². The van der Waals surface area contributed by atoms with Gasteiger partial charge in [0.05, 0.1) is 7.11 Å².